The first-order chi connectivity index (χ1) is 13.7. The Morgan fingerprint density at radius 2 is 2.07 bits per heavy atom. The van der Waals surface area contributed by atoms with E-state index in [9.17, 15) is 9.18 Å². The Morgan fingerprint density at radius 1 is 1.34 bits per heavy atom. The Labute approximate surface area is 167 Å². The van der Waals surface area contributed by atoms with Crippen molar-refractivity contribution in [2.45, 2.75) is 39.3 Å². The van der Waals surface area contributed by atoms with E-state index in [1.807, 2.05) is 33.9 Å². The minimum Gasteiger partial charge on any atom is -0.365 e. The number of nitrogens with one attached hydrogen (secondary N) is 2. The normalized spacial score (nSPS) is 13.3. The fourth-order valence-corrected chi connectivity index (χ4v) is 3.06. The van der Waals surface area contributed by atoms with E-state index in [0.717, 1.165) is 29.2 Å². The molecule has 0 unspecified atom stereocenters. The first kappa shape index (κ1) is 20.5. The number of fused-ring (bicyclic) bond motifs is 1. The number of aromatic nitrogens is 4. The maximum Gasteiger partial charge on any atom is 0.252 e. The van der Waals surface area contributed by atoms with Gasteiger partial charge in [0.25, 0.3) is 5.91 Å². The van der Waals surface area contributed by atoms with E-state index < -0.39 is 11.7 Å². The maximum atomic E-state index is 14.5. The predicted molar refractivity (Wildman–Crippen MR) is 111 cm³/mol. The number of hydrogen-bond donors (Lipinski definition) is 4. The zero-order valence-corrected chi connectivity index (χ0v) is 16.8. The topological polar surface area (TPSA) is 137 Å². The summed E-state index contributed by atoms with van der Waals surface area (Å²) in [7, 11) is 1.81. The Morgan fingerprint density at radius 3 is 2.72 bits per heavy atom. The van der Waals surface area contributed by atoms with Crippen molar-refractivity contribution in [1.29, 1.82) is 0 Å². The number of pyridine rings is 2. The van der Waals surface area contributed by atoms with E-state index in [0.29, 0.717) is 5.69 Å². The molecule has 0 spiro atoms. The molecule has 6 N–H and O–H groups in total. The average molecular weight is 400 g/mol. The van der Waals surface area contributed by atoms with Crippen molar-refractivity contribution in [3.05, 3.63) is 35.4 Å². The third-order valence-corrected chi connectivity index (χ3v) is 4.85. The zero-order valence-electron chi connectivity index (χ0n) is 16.8. The van der Waals surface area contributed by atoms with Gasteiger partial charge in [-0.2, -0.15) is 5.10 Å². The minimum absolute atomic E-state index is 0.0134. The van der Waals surface area contributed by atoms with Gasteiger partial charge in [-0.15, -0.1) is 0 Å². The summed E-state index contributed by atoms with van der Waals surface area (Å²) in [6, 6.07) is 2.50. The highest BCUT2D eigenvalue weighted by atomic mass is 19.1. The van der Waals surface area contributed by atoms with Crippen LogP contribution in [0, 0.1) is 12.7 Å². The molecule has 10 heteroatoms. The number of hydrogen-bond acceptors (Lipinski definition) is 7. The van der Waals surface area contributed by atoms with Crippen LogP contribution in [0.3, 0.4) is 0 Å². The lowest BCUT2D eigenvalue weighted by atomic mass is 10.1. The summed E-state index contributed by atoms with van der Waals surface area (Å²) in [6.45, 7) is 5.66. The monoisotopic (exact) mass is 400 g/mol. The van der Waals surface area contributed by atoms with Gasteiger partial charge in [-0.1, -0.05) is 6.92 Å². The SMILES string of the molecule is CC[C@H](N)[C@@H](C)Nc1nc(Nc2cnc3c(c2)c(C)nn3C)c(C(N)=O)cc1F. The van der Waals surface area contributed by atoms with Crippen molar-refractivity contribution in [3.8, 4) is 0 Å². The van der Waals surface area contributed by atoms with Gasteiger partial charge < -0.3 is 22.1 Å². The molecule has 154 valence electrons. The molecule has 3 aromatic heterocycles. The molecule has 1 amide bonds. The molecule has 2 atom stereocenters. The molecule has 0 bridgehead atoms. The third-order valence-electron chi connectivity index (χ3n) is 4.85. The highest BCUT2D eigenvalue weighted by Gasteiger charge is 2.19. The quantitative estimate of drug-likeness (QED) is 0.477. The first-order valence-electron chi connectivity index (χ1n) is 9.30. The summed E-state index contributed by atoms with van der Waals surface area (Å²) in [5.74, 6) is -1.37. The van der Waals surface area contributed by atoms with Gasteiger partial charge >= 0.3 is 0 Å². The zero-order chi connectivity index (χ0) is 21.3. The molecule has 0 aromatic carbocycles. The summed E-state index contributed by atoms with van der Waals surface area (Å²) in [4.78, 5) is 20.5. The van der Waals surface area contributed by atoms with Gasteiger partial charge in [-0.05, 0) is 32.4 Å². The van der Waals surface area contributed by atoms with Crippen LogP contribution in [0.5, 0.6) is 0 Å². The van der Waals surface area contributed by atoms with E-state index in [2.05, 4.69) is 25.7 Å². The fourth-order valence-electron chi connectivity index (χ4n) is 3.06. The second-order valence-electron chi connectivity index (χ2n) is 7.01. The lowest BCUT2D eigenvalue weighted by Gasteiger charge is -2.21. The van der Waals surface area contributed by atoms with Crippen LogP contribution < -0.4 is 22.1 Å². The molecular weight excluding hydrogens is 375 g/mol. The minimum atomic E-state index is -0.796. The number of carbonyl (C=O) groups excluding carboxylic acids is 1. The van der Waals surface area contributed by atoms with Crippen molar-refractivity contribution in [3.63, 3.8) is 0 Å². The second kappa shape index (κ2) is 8.00. The number of anilines is 3. The van der Waals surface area contributed by atoms with Crippen LogP contribution in [0.15, 0.2) is 18.3 Å². The average Bonchev–Trinajstić information content (AvgIpc) is 2.96. The standard InChI is InChI=1S/C19H25FN8O/c1-5-15(21)10(3)24-18-14(20)7-13(16(22)29)17(26-18)25-11-6-12-9(2)27-28(4)19(12)23-8-11/h6-8,10,15H,5,21H2,1-4H3,(H2,22,29)(H2,24,25,26)/t10-,15+/m1/s1. The number of primary amides is 1. The van der Waals surface area contributed by atoms with Gasteiger partial charge in [0.15, 0.2) is 17.3 Å². The molecule has 3 heterocycles. The van der Waals surface area contributed by atoms with Crippen LogP contribution in [0.4, 0.5) is 21.7 Å². The van der Waals surface area contributed by atoms with Gasteiger partial charge in [0.05, 0.1) is 23.1 Å². The highest BCUT2D eigenvalue weighted by Crippen LogP contribution is 2.26. The van der Waals surface area contributed by atoms with Crippen LogP contribution in [0.25, 0.3) is 11.0 Å². The Kier molecular flexibility index (Phi) is 5.64. The second-order valence-corrected chi connectivity index (χ2v) is 7.01. The summed E-state index contributed by atoms with van der Waals surface area (Å²) < 4.78 is 16.2. The van der Waals surface area contributed by atoms with Gasteiger partial charge in [-0.25, -0.2) is 14.4 Å². The molecular formula is C19H25FN8O. The van der Waals surface area contributed by atoms with Crippen molar-refractivity contribution in [2.75, 3.05) is 10.6 Å². The Balaban J connectivity index is 1.99. The molecule has 0 fully saturated rings. The number of nitrogens with two attached hydrogens (primary N) is 2. The Hall–Kier alpha value is -3.27. The number of nitrogens with zero attached hydrogens (tertiary/aromatic N) is 4. The van der Waals surface area contributed by atoms with Crippen LogP contribution in [0.2, 0.25) is 0 Å². The lowest BCUT2D eigenvalue weighted by molar-refractivity contribution is 0.100. The maximum absolute atomic E-state index is 14.5. The number of carbonyl (C=O) groups is 1. The van der Waals surface area contributed by atoms with E-state index in [-0.39, 0.29) is 29.3 Å². The molecule has 29 heavy (non-hydrogen) atoms. The van der Waals surface area contributed by atoms with E-state index in [1.54, 1.807) is 10.9 Å². The molecule has 9 nitrogen and oxygen atoms in total. The molecule has 3 aromatic rings. The molecule has 0 saturated carbocycles. The van der Waals surface area contributed by atoms with Gasteiger partial charge in [-0.3, -0.25) is 9.48 Å². The van der Waals surface area contributed by atoms with Gasteiger partial charge in [0.1, 0.15) is 5.82 Å². The molecule has 3 rings (SSSR count). The number of amides is 1. The van der Waals surface area contributed by atoms with Crippen molar-refractivity contribution in [1.82, 2.24) is 19.7 Å². The number of halogens is 1. The van der Waals surface area contributed by atoms with E-state index in [4.69, 9.17) is 11.5 Å². The van der Waals surface area contributed by atoms with E-state index in [1.165, 1.54) is 0 Å². The lowest BCUT2D eigenvalue weighted by Crippen LogP contribution is -2.38. The van der Waals surface area contributed by atoms with Crippen molar-refractivity contribution < 1.29 is 9.18 Å². The molecule has 0 aliphatic heterocycles. The smallest absolute Gasteiger partial charge is 0.252 e. The molecule has 0 aliphatic rings. The largest absolute Gasteiger partial charge is 0.365 e. The van der Waals surface area contributed by atoms with Crippen LogP contribution in [0.1, 0.15) is 36.3 Å². The highest BCUT2D eigenvalue weighted by molar-refractivity contribution is 5.98. The number of rotatable bonds is 7. The summed E-state index contributed by atoms with van der Waals surface area (Å²) >= 11 is 0. The molecule has 0 aliphatic carbocycles. The summed E-state index contributed by atoms with van der Waals surface area (Å²) in [6.07, 6.45) is 2.30. The fraction of sp³-hybridized carbons (Fsp3) is 0.368. The Bertz CT molecular complexity index is 1060. The predicted octanol–water partition coefficient (Wildman–Crippen LogP) is 2.19. The van der Waals surface area contributed by atoms with E-state index >= 15 is 0 Å². The van der Waals surface area contributed by atoms with Gasteiger partial charge in [0, 0.05) is 24.5 Å². The summed E-state index contributed by atoms with van der Waals surface area (Å²) in [5.41, 5.74) is 13.5. The van der Waals surface area contributed by atoms with Crippen LogP contribution >= 0.6 is 0 Å². The summed E-state index contributed by atoms with van der Waals surface area (Å²) in [5, 5.41) is 11.2. The molecule has 0 radical (unpaired) electrons. The van der Waals surface area contributed by atoms with Crippen molar-refractivity contribution >= 4 is 34.3 Å². The molecule has 0 saturated heterocycles. The van der Waals surface area contributed by atoms with Crippen LogP contribution in [-0.2, 0) is 7.05 Å². The van der Waals surface area contributed by atoms with Crippen LogP contribution in [-0.4, -0.2) is 37.7 Å². The van der Waals surface area contributed by atoms with Gasteiger partial charge in [0.2, 0.25) is 0 Å². The number of aryl methyl sites for hydroxylation is 2. The third kappa shape index (κ3) is 4.11. The first-order valence-corrected chi connectivity index (χ1v) is 9.30. The van der Waals surface area contributed by atoms with Crippen molar-refractivity contribution in [2.24, 2.45) is 18.5 Å².